The van der Waals surface area contributed by atoms with Gasteiger partial charge in [0.05, 0.1) is 27.1 Å². The van der Waals surface area contributed by atoms with Gasteiger partial charge in [-0.15, -0.1) is 0 Å². The molecule has 0 saturated heterocycles. The van der Waals surface area contributed by atoms with Gasteiger partial charge in [0, 0.05) is 25.2 Å². The first-order valence-corrected chi connectivity index (χ1v) is 12.5. The fraction of sp³-hybridized carbons (Fsp3) is 0.357. The smallest absolute Gasteiger partial charge is 0.273 e. The zero-order valence-electron chi connectivity index (χ0n) is 22.1. The van der Waals surface area contributed by atoms with Crippen LogP contribution in [0.1, 0.15) is 52.4 Å². The Bertz CT molecular complexity index is 1320. The van der Waals surface area contributed by atoms with Gasteiger partial charge in [-0.1, -0.05) is 37.3 Å². The van der Waals surface area contributed by atoms with Crippen molar-refractivity contribution in [1.82, 2.24) is 25.1 Å². The minimum absolute atomic E-state index is 0.0182. The summed E-state index contributed by atoms with van der Waals surface area (Å²) in [7, 11) is 3.11. The normalized spacial score (nSPS) is 16.5. The molecule has 200 valence electrons. The Morgan fingerprint density at radius 1 is 1.05 bits per heavy atom. The largest absolute Gasteiger partial charge is 0.497 e. The lowest BCUT2D eigenvalue weighted by Crippen LogP contribution is -2.64. The van der Waals surface area contributed by atoms with Crippen molar-refractivity contribution < 1.29 is 23.9 Å². The molecule has 3 amide bonds. The van der Waals surface area contributed by atoms with Crippen molar-refractivity contribution in [3.05, 3.63) is 77.4 Å². The van der Waals surface area contributed by atoms with E-state index >= 15 is 0 Å². The summed E-state index contributed by atoms with van der Waals surface area (Å²) in [6.07, 6.45) is 2.10. The summed E-state index contributed by atoms with van der Waals surface area (Å²) in [5.41, 5.74) is 0.724. The van der Waals surface area contributed by atoms with Gasteiger partial charge in [0.15, 0.2) is 5.69 Å². The first kappa shape index (κ1) is 26.7. The molecule has 0 saturated carbocycles. The van der Waals surface area contributed by atoms with Crippen LogP contribution in [0.5, 0.6) is 11.5 Å². The molecule has 0 spiro atoms. The Balaban J connectivity index is 1.55. The van der Waals surface area contributed by atoms with Crippen molar-refractivity contribution in [2.75, 3.05) is 20.8 Å². The third kappa shape index (κ3) is 5.20. The summed E-state index contributed by atoms with van der Waals surface area (Å²) in [5.74, 6) is 0.0614. The highest BCUT2D eigenvalue weighted by atomic mass is 16.5. The predicted molar refractivity (Wildman–Crippen MR) is 141 cm³/mol. The van der Waals surface area contributed by atoms with Crippen molar-refractivity contribution in [3.8, 4) is 11.5 Å². The van der Waals surface area contributed by atoms with Gasteiger partial charge in [-0.2, -0.15) is 0 Å². The monoisotopic (exact) mass is 519 g/mol. The third-order valence-electron chi connectivity index (χ3n) is 6.73. The Morgan fingerprint density at radius 2 is 1.82 bits per heavy atom. The Labute approximate surface area is 221 Å². The number of aromatic nitrogens is 2. The molecule has 4 rings (SSSR count). The van der Waals surface area contributed by atoms with Gasteiger partial charge in [0.1, 0.15) is 22.7 Å². The number of hydrogen-bond donors (Lipinski definition) is 2. The van der Waals surface area contributed by atoms with E-state index in [4.69, 9.17) is 9.47 Å². The number of methoxy groups -OCH3 is 2. The Kier molecular flexibility index (Phi) is 7.99. The SMILES string of the molecule is CCCN1C(=O)c2c(C(=O)NCc3cc(OC)ccc3OC)ncn2C[C@]1(C)C(=O)NCc1ccccc1. The molecule has 1 aliphatic rings. The van der Waals surface area contributed by atoms with E-state index in [0.29, 0.717) is 31.0 Å². The lowest BCUT2D eigenvalue weighted by atomic mass is 9.94. The Morgan fingerprint density at radius 3 is 2.50 bits per heavy atom. The summed E-state index contributed by atoms with van der Waals surface area (Å²) >= 11 is 0. The molecule has 10 heteroatoms. The van der Waals surface area contributed by atoms with Crippen LogP contribution >= 0.6 is 0 Å². The minimum Gasteiger partial charge on any atom is -0.497 e. The van der Waals surface area contributed by atoms with Crippen molar-refractivity contribution in [1.29, 1.82) is 0 Å². The van der Waals surface area contributed by atoms with Crippen LogP contribution in [0.3, 0.4) is 0 Å². The van der Waals surface area contributed by atoms with Gasteiger partial charge in [0.2, 0.25) is 5.91 Å². The zero-order valence-corrected chi connectivity index (χ0v) is 22.1. The number of amides is 3. The molecule has 1 atom stereocenters. The number of benzene rings is 2. The molecular weight excluding hydrogens is 486 g/mol. The predicted octanol–water partition coefficient (Wildman–Crippen LogP) is 2.77. The number of nitrogens with zero attached hydrogens (tertiary/aromatic N) is 3. The average molecular weight is 520 g/mol. The number of fused-ring (bicyclic) bond motifs is 1. The van der Waals surface area contributed by atoms with E-state index < -0.39 is 17.4 Å². The highest BCUT2D eigenvalue weighted by molar-refractivity contribution is 6.07. The van der Waals surface area contributed by atoms with Crippen molar-refractivity contribution in [3.63, 3.8) is 0 Å². The van der Waals surface area contributed by atoms with Gasteiger partial charge < -0.3 is 29.6 Å². The third-order valence-corrected chi connectivity index (χ3v) is 6.73. The molecule has 2 N–H and O–H groups in total. The van der Waals surface area contributed by atoms with Gasteiger partial charge in [0.25, 0.3) is 11.8 Å². The molecule has 2 aromatic carbocycles. The van der Waals surface area contributed by atoms with Gasteiger partial charge in [-0.25, -0.2) is 4.98 Å². The Hall–Kier alpha value is -4.34. The number of carbonyl (C=O) groups is 3. The second kappa shape index (κ2) is 11.4. The molecule has 0 fully saturated rings. The summed E-state index contributed by atoms with van der Waals surface area (Å²) in [6.45, 7) is 4.73. The van der Waals surface area contributed by atoms with Crippen molar-refractivity contribution in [2.24, 2.45) is 0 Å². The van der Waals surface area contributed by atoms with E-state index in [-0.39, 0.29) is 30.4 Å². The van der Waals surface area contributed by atoms with Crippen LogP contribution in [0.15, 0.2) is 54.9 Å². The molecule has 1 aliphatic heterocycles. The molecule has 38 heavy (non-hydrogen) atoms. The van der Waals surface area contributed by atoms with E-state index in [1.165, 1.54) is 6.33 Å². The molecule has 3 aromatic rings. The van der Waals surface area contributed by atoms with Crippen LogP contribution in [-0.4, -0.2) is 58.5 Å². The van der Waals surface area contributed by atoms with Crippen molar-refractivity contribution in [2.45, 2.75) is 45.4 Å². The highest BCUT2D eigenvalue weighted by Gasteiger charge is 2.48. The molecule has 10 nitrogen and oxygen atoms in total. The molecule has 1 aromatic heterocycles. The molecule has 0 radical (unpaired) electrons. The standard InChI is InChI=1S/C28H33N5O5/c1-5-13-33-26(35)24-23(25(34)29-16-20-14-21(37-3)11-12-22(20)38-4)31-18-32(24)17-28(33,2)27(36)30-15-19-9-7-6-8-10-19/h6-12,14,18H,5,13,15-17H2,1-4H3,(H,29,34)(H,30,36)/t28-/m1/s1. The van der Waals surface area contributed by atoms with Crippen LogP contribution < -0.4 is 20.1 Å². The van der Waals surface area contributed by atoms with Gasteiger partial charge in [-0.3, -0.25) is 14.4 Å². The molecule has 0 aliphatic carbocycles. The maximum Gasteiger partial charge on any atom is 0.273 e. The van der Waals surface area contributed by atoms with Crippen molar-refractivity contribution >= 4 is 17.7 Å². The average Bonchev–Trinajstić information content (AvgIpc) is 3.36. The number of hydrogen-bond acceptors (Lipinski definition) is 6. The number of nitrogens with one attached hydrogen (secondary N) is 2. The van der Waals surface area contributed by atoms with Gasteiger partial charge in [-0.05, 0) is 37.1 Å². The van der Waals surface area contributed by atoms with Crippen LogP contribution in [-0.2, 0) is 24.4 Å². The number of rotatable bonds is 10. The molecule has 0 unspecified atom stereocenters. The first-order valence-electron chi connectivity index (χ1n) is 12.5. The lowest BCUT2D eigenvalue weighted by molar-refractivity contribution is -0.133. The number of ether oxygens (including phenoxy) is 2. The van der Waals surface area contributed by atoms with Crippen LogP contribution in [0.25, 0.3) is 0 Å². The first-order chi connectivity index (χ1) is 18.3. The van der Waals surface area contributed by atoms with Gasteiger partial charge >= 0.3 is 0 Å². The summed E-state index contributed by atoms with van der Waals surface area (Å²) in [5, 5.41) is 5.80. The van der Waals surface area contributed by atoms with E-state index in [2.05, 4.69) is 15.6 Å². The highest BCUT2D eigenvalue weighted by Crippen LogP contribution is 2.29. The molecular formula is C28H33N5O5. The summed E-state index contributed by atoms with van der Waals surface area (Å²) < 4.78 is 12.3. The fourth-order valence-corrected chi connectivity index (χ4v) is 4.68. The van der Waals surface area contributed by atoms with E-state index in [0.717, 1.165) is 11.1 Å². The maximum absolute atomic E-state index is 13.7. The quantitative estimate of drug-likeness (QED) is 0.426. The molecule has 2 heterocycles. The van der Waals surface area contributed by atoms with E-state index in [1.807, 2.05) is 37.3 Å². The summed E-state index contributed by atoms with van der Waals surface area (Å²) in [4.78, 5) is 46.1. The number of carbonyl (C=O) groups excluding carboxylic acids is 3. The van der Waals surface area contributed by atoms with Crippen LogP contribution in [0.4, 0.5) is 0 Å². The zero-order chi connectivity index (χ0) is 27.3. The summed E-state index contributed by atoms with van der Waals surface area (Å²) in [6, 6.07) is 14.9. The molecule has 0 bridgehead atoms. The lowest BCUT2D eigenvalue weighted by Gasteiger charge is -2.43. The van der Waals surface area contributed by atoms with E-state index in [9.17, 15) is 14.4 Å². The van der Waals surface area contributed by atoms with E-state index in [1.54, 1.807) is 48.8 Å². The topological polar surface area (TPSA) is 115 Å². The minimum atomic E-state index is -1.14. The van der Waals surface area contributed by atoms with Crippen LogP contribution in [0.2, 0.25) is 0 Å². The second-order valence-electron chi connectivity index (χ2n) is 9.33. The second-order valence-corrected chi connectivity index (χ2v) is 9.33. The number of imidazole rings is 1. The van der Waals surface area contributed by atoms with Crippen LogP contribution in [0, 0.1) is 0 Å². The fourth-order valence-electron chi connectivity index (χ4n) is 4.68. The maximum atomic E-state index is 13.7.